The van der Waals surface area contributed by atoms with E-state index < -0.39 is 0 Å². The molecule has 1 saturated heterocycles. The van der Waals surface area contributed by atoms with Crippen LogP contribution in [0.1, 0.15) is 64.4 Å². The molecule has 1 aromatic heterocycles. The fourth-order valence-corrected chi connectivity index (χ4v) is 4.03. The molecule has 0 saturated carbocycles. The second kappa shape index (κ2) is 9.35. The molecule has 7 heteroatoms. The smallest absolute Gasteiger partial charge is 0.320 e. The molecular formula is C20H33N5O2. The van der Waals surface area contributed by atoms with Gasteiger partial charge in [0.1, 0.15) is 11.6 Å². The zero-order chi connectivity index (χ0) is 19.2. The molecule has 0 aliphatic carbocycles. The van der Waals surface area contributed by atoms with Crippen LogP contribution in [0.4, 0.5) is 11.6 Å². The van der Waals surface area contributed by atoms with Crippen molar-refractivity contribution in [3.63, 3.8) is 0 Å². The van der Waals surface area contributed by atoms with Crippen molar-refractivity contribution in [2.75, 3.05) is 30.3 Å². The minimum atomic E-state index is 0.0305. The Kier molecular flexibility index (Phi) is 6.88. The number of carbonyl (C=O) groups is 1. The van der Waals surface area contributed by atoms with Gasteiger partial charge in [0.15, 0.2) is 0 Å². The normalized spacial score (nSPS) is 18.6. The summed E-state index contributed by atoms with van der Waals surface area (Å²) in [5.74, 6) is 1.90. The van der Waals surface area contributed by atoms with E-state index in [9.17, 15) is 4.79 Å². The van der Waals surface area contributed by atoms with Crippen LogP contribution in [0.2, 0.25) is 0 Å². The van der Waals surface area contributed by atoms with Gasteiger partial charge in [0, 0.05) is 12.1 Å². The van der Waals surface area contributed by atoms with Crippen LogP contribution in [-0.4, -0.2) is 41.6 Å². The van der Waals surface area contributed by atoms with E-state index >= 15 is 0 Å². The Morgan fingerprint density at radius 2 is 2.07 bits per heavy atom. The number of nitrogens with zero attached hydrogens (tertiary/aromatic N) is 3. The summed E-state index contributed by atoms with van der Waals surface area (Å²) in [7, 11) is 0. The first-order valence-corrected chi connectivity index (χ1v) is 10.4. The predicted molar refractivity (Wildman–Crippen MR) is 107 cm³/mol. The molecule has 0 radical (unpaired) electrons. The van der Waals surface area contributed by atoms with Crippen molar-refractivity contribution in [1.82, 2.24) is 15.3 Å². The highest BCUT2D eigenvalue weighted by molar-refractivity contribution is 6.01. The first kappa shape index (κ1) is 19.9. The number of nitrogen functional groups attached to an aromatic ring is 1. The van der Waals surface area contributed by atoms with Gasteiger partial charge in [-0.3, -0.25) is 9.69 Å². The largest absolute Gasteiger partial charge is 0.460 e. The summed E-state index contributed by atoms with van der Waals surface area (Å²) < 4.78 is 5.80. The Labute approximate surface area is 162 Å². The summed E-state index contributed by atoms with van der Waals surface area (Å²) >= 11 is 0. The maximum atomic E-state index is 12.5. The van der Waals surface area contributed by atoms with Crippen LogP contribution in [0.15, 0.2) is 0 Å². The molecule has 0 spiro atoms. The second-order valence-electron chi connectivity index (χ2n) is 7.82. The van der Waals surface area contributed by atoms with Gasteiger partial charge in [0.05, 0.1) is 12.5 Å². The van der Waals surface area contributed by atoms with E-state index in [1.807, 2.05) is 6.92 Å². The lowest BCUT2D eigenvalue weighted by atomic mass is 9.92. The molecular weight excluding hydrogens is 342 g/mol. The molecule has 1 amide bonds. The Bertz CT molecular complexity index is 646. The predicted octanol–water partition coefficient (Wildman–Crippen LogP) is 2.69. The molecule has 0 bridgehead atoms. The van der Waals surface area contributed by atoms with Crippen molar-refractivity contribution in [1.29, 1.82) is 0 Å². The van der Waals surface area contributed by atoms with Gasteiger partial charge in [-0.05, 0) is 51.6 Å². The summed E-state index contributed by atoms with van der Waals surface area (Å²) in [5.41, 5.74) is 6.83. The van der Waals surface area contributed by atoms with E-state index in [1.165, 1.54) is 19.3 Å². The van der Waals surface area contributed by atoms with Crippen LogP contribution in [0, 0.1) is 5.92 Å². The molecule has 3 rings (SSSR count). The third kappa shape index (κ3) is 5.09. The maximum absolute atomic E-state index is 12.5. The second-order valence-corrected chi connectivity index (χ2v) is 7.82. The molecule has 0 aromatic carbocycles. The zero-order valence-corrected chi connectivity index (χ0v) is 16.7. The number of ether oxygens (including phenoxy) is 1. The quantitative estimate of drug-likeness (QED) is 0.645. The topological polar surface area (TPSA) is 93.4 Å². The molecule has 2 aliphatic rings. The Balaban J connectivity index is 1.59. The Hall–Kier alpha value is -1.89. The number of amides is 1. The number of hydrogen-bond acceptors (Lipinski definition) is 6. The van der Waals surface area contributed by atoms with Crippen molar-refractivity contribution in [3.8, 4) is 6.01 Å². The Morgan fingerprint density at radius 1 is 1.30 bits per heavy atom. The lowest BCUT2D eigenvalue weighted by Crippen LogP contribution is -2.29. The van der Waals surface area contributed by atoms with Crippen LogP contribution in [0.5, 0.6) is 6.01 Å². The fraction of sp³-hybridized carbons (Fsp3) is 0.750. The van der Waals surface area contributed by atoms with Crippen molar-refractivity contribution < 1.29 is 9.53 Å². The number of nitrogens with two attached hydrogens (primary N) is 1. The van der Waals surface area contributed by atoms with E-state index in [1.54, 1.807) is 4.90 Å². The molecule has 3 N–H and O–H groups in total. The number of aromatic nitrogens is 2. The average Bonchev–Trinajstić information content (AvgIpc) is 2.96. The molecule has 0 unspecified atom stereocenters. The number of anilines is 2. The van der Waals surface area contributed by atoms with Gasteiger partial charge < -0.3 is 15.8 Å². The highest BCUT2D eigenvalue weighted by Gasteiger charge is 2.32. The van der Waals surface area contributed by atoms with E-state index in [0.717, 1.165) is 50.3 Å². The number of hydrogen-bond donors (Lipinski definition) is 2. The molecule has 2 aliphatic heterocycles. The summed E-state index contributed by atoms with van der Waals surface area (Å²) in [6.07, 6.45) is 8.19. The lowest BCUT2D eigenvalue weighted by molar-refractivity contribution is -0.117. The summed E-state index contributed by atoms with van der Waals surface area (Å²) in [6.45, 7) is 7.08. The van der Waals surface area contributed by atoms with Crippen LogP contribution < -0.4 is 20.7 Å². The molecule has 27 heavy (non-hydrogen) atoms. The van der Waals surface area contributed by atoms with Crippen LogP contribution in [0.3, 0.4) is 0 Å². The van der Waals surface area contributed by atoms with Crippen LogP contribution in [0.25, 0.3) is 0 Å². The third-order valence-corrected chi connectivity index (χ3v) is 5.59. The summed E-state index contributed by atoms with van der Waals surface area (Å²) in [6, 6.07) is 0.279. The van der Waals surface area contributed by atoms with E-state index in [4.69, 9.17) is 10.5 Å². The van der Waals surface area contributed by atoms with Crippen molar-refractivity contribution in [3.05, 3.63) is 5.56 Å². The van der Waals surface area contributed by atoms with E-state index in [2.05, 4.69) is 22.2 Å². The minimum absolute atomic E-state index is 0.0305. The summed E-state index contributed by atoms with van der Waals surface area (Å²) in [4.78, 5) is 23.0. The zero-order valence-electron chi connectivity index (χ0n) is 16.7. The van der Waals surface area contributed by atoms with E-state index in [0.29, 0.717) is 24.6 Å². The Morgan fingerprint density at radius 3 is 2.81 bits per heavy atom. The van der Waals surface area contributed by atoms with Gasteiger partial charge in [-0.1, -0.05) is 26.2 Å². The standard InChI is InChI=1S/C20H33N5O2/c1-3-6-14(2)27-20-23-18(21)16-13-17(26)25(19(16)24-20)12-5-4-7-15-8-10-22-11-9-15/h14-15,22H,3-13H2,1-2H3,(H2,21,23,24)/t14-/m0/s1. The first-order valence-electron chi connectivity index (χ1n) is 10.4. The molecule has 1 fully saturated rings. The number of piperidine rings is 1. The highest BCUT2D eigenvalue weighted by atomic mass is 16.5. The number of fused-ring (bicyclic) bond motifs is 1. The molecule has 150 valence electrons. The molecule has 1 aromatic rings. The monoisotopic (exact) mass is 375 g/mol. The van der Waals surface area contributed by atoms with Gasteiger partial charge in [0.2, 0.25) is 5.91 Å². The van der Waals surface area contributed by atoms with E-state index in [-0.39, 0.29) is 18.0 Å². The average molecular weight is 376 g/mol. The molecule has 3 heterocycles. The van der Waals surface area contributed by atoms with Crippen LogP contribution >= 0.6 is 0 Å². The van der Waals surface area contributed by atoms with Crippen LogP contribution in [-0.2, 0) is 11.2 Å². The van der Waals surface area contributed by atoms with Gasteiger partial charge in [-0.2, -0.15) is 9.97 Å². The molecule has 1 atom stereocenters. The number of nitrogens with one attached hydrogen (secondary N) is 1. The van der Waals surface area contributed by atoms with Gasteiger partial charge in [-0.15, -0.1) is 0 Å². The number of carbonyl (C=O) groups excluding carboxylic acids is 1. The lowest BCUT2D eigenvalue weighted by Gasteiger charge is -2.23. The maximum Gasteiger partial charge on any atom is 0.320 e. The van der Waals surface area contributed by atoms with Gasteiger partial charge in [-0.25, -0.2) is 0 Å². The van der Waals surface area contributed by atoms with Crippen molar-refractivity contribution in [2.24, 2.45) is 5.92 Å². The molecule has 7 nitrogen and oxygen atoms in total. The minimum Gasteiger partial charge on any atom is -0.460 e. The third-order valence-electron chi connectivity index (χ3n) is 5.59. The van der Waals surface area contributed by atoms with Gasteiger partial charge in [0.25, 0.3) is 0 Å². The summed E-state index contributed by atoms with van der Waals surface area (Å²) in [5, 5.41) is 3.41. The first-order chi connectivity index (χ1) is 13.1. The SMILES string of the molecule is CCC[C@H](C)Oc1nc(N)c2c(n1)N(CCCCC1CCNCC1)C(=O)C2. The fourth-order valence-electron chi connectivity index (χ4n) is 4.03. The number of unbranched alkanes of at least 4 members (excludes halogenated alkanes) is 1. The van der Waals surface area contributed by atoms with Crippen molar-refractivity contribution in [2.45, 2.75) is 71.3 Å². The highest BCUT2D eigenvalue weighted by Crippen LogP contribution is 2.32. The van der Waals surface area contributed by atoms with Gasteiger partial charge >= 0.3 is 6.01 Å². The van der Waals surface area contributed by atoms with Crippen molar-refractivity contribution >= 4 is 17.5 Å². The number of rotatable bonds is 9.